The average Bonchev–Trinajstić information content (AvgIpc) is 2.91. The summed E-state index contributed by atoms with van der Waals surface area (Å²) in [4.78, 5) is 12.8. The molecular formula is C21H31Cl2N5O. The summed E-state index contributed by atoms with van der Waals surface area (Å²) in [5, 5.41) is 15.4. The lowest BCUT2D eigenvalue weighted by Gasteiger charge is -2.27. The molecule has 4 rings (SSSR count). The van der Waals surface area contributed by atoms with E-state index in [1.165, 1.54) is 19.3 Å². The van der Waals surface area contributed by atoms with Crippen molar-refractivity contribution in [1.82, 2.24) is 20.1 Å². The number of carbonyl (C=O) groups excluding carboxylic acids is 1. The van der Waals surface area contributed by atoms with Crippen LogP contribution in [0.2, 0.25) is 0 Å². The first-order valence-electron chi connectivity index (χ1n) is 10.2. The maximum atomic E-state index is 12.8. The Kier molecular flexibility index (Phi) is 8.49. The van der Waals surface area contributed by atoms with Crippen molar-refractivity contribution in [1.29, 1.82) is 0 Å². The second-order valence-electron chi connectivity index (χ2n) is 8.00. The molecule has 1 fully saturated rings. The monoisotopic (exact) mass is 439 g/mol. The maximum absolute atomic E-state index is 12.8. The Hall–Kier alpha value is -1.63. The van der Waals surface area contributed by atoms with Gasteiger partial charge in [0.15, 0.2) is 5.82 Å². The molecule has 2 N–H and O–H groups in total. The van der Waals surface area contributed by atoms with Gasteiger partial charge in [0.05, 0.1) is 0 Å². The van der Waals surface area contributed by atoms with E-state index < -0.39 is 0 Å². The molecule has 1 amide bonds. The lowest BCUT2D eigenvalue weighted by Crippen LogP contribution is -2.40. The van der Waals surface area contributed by atoms with Crippen LogP contribution in [0.4, 0.5) is 5.69 Å². The van der Waals surface area contributed by atoms with Crippen LogP contribution in [0.25, 0.3) is 11.4 Å². The Balaban J connectivity index is 0.00000150. The highest BCUT2D eigenvalue weighted by molar-refractivity contribution is 5.94. The summed E-state index contributed by atoms with van der Waals surface area (Å²) in [6, 6.07) is 6.60. The highest BCUT2D eigenvalue weighted by Crippen LogP contribution is 2.28. The van der Waals surface area contributed by atoms with Crippen molar-refractivity contribution < 1.29 is 4.79 Å². The van der Waals surface area contributed by atoms with Crippen molar-refractivity contribution in [2.75, 3.05) is 11.9 Å². The Morgan fingerprint density at radius 1 is 1.21 bits per heavy atom. The zero-order valence-electron chi connectivity index (χ0n) is 17.1. The van der Waals surface area contributed by atoms with Crippen LogP contribution in [0.3, 0.4) is 0 Å². The lowest BCUT2D eigenvalue weighted by atomic mass is 9.92. The molecule has 2 atom stereocenters. The van der Waals surface area contributed by atoms with E-state index in [-0.39, 0.29) is 36.6 Å². The number of benzene rings is 1. The van der Waals surface area contributed by atoms with Crippen LogP contribution in [0, 0.1) is 12.8 Å². The molecule has 0 unspecified atom stereocenters. The topological polar surface area (TPSA) is 71.8 Å². The first-order valence-corrected chi connectivity index (χ1v) is 10.2. The van der Waals surface area contributed by atoms with E-state index in [1.807, 2.05) is 6.92 Å². The zero-order chi connectivity index (χ0) is 18.8. The number of nitrogens with zero attached hydrogens (tertiary/aromatic N) is 3. The molecule has 29 heavy (non-hydrogen) atoms. The maximum Gasteiger partial charge on any atom is 0.227 e. The van der Waals surface area contributed by atoms with Crippen molar-refractivity contribution in [2.45, 2.75) is 65.0 Å². The lowest BCUT2D eigenvalue weighted by molar-refractivity contribution is -0.120. The van der Waals surface area contributed by atoms with Crippen LogP contribution in [0.15, 0.2) is 18.2 Å². The fourth-order valence-electron chi connectivity index (χ4n) is 4.20. The van der Waals surface area contributed by atoms with Crippen molar-refractivity contribution in [3.63, 3.8) is 0 Å². The minimum atomic E-state index is 0. The number of carbonyl (C=O) groups is 1. The van der Waals surface area contributed by atoms with Gasteiger partial charge < -0.3 is 15.2 Å². The van der Waals surface area contributed by atoms with Crippen LogP contribution in [-0.4, -0.2) is 33.3 Å². The van der Waals surface area contributed by atoms with E-state index in [0.717, 1.165) is 60.8 Å². The first-order chi connectivity index (χ1) is 13.1. The molecule has 0 spiro atoms. The molecule has 1 aromatic heterocycles. The first kappa shape index (κ1) is 23.6. The second-order valence-corrected chi connectivity index (χ2v) is 8.00. The number of hydrogen-bond acceptors (Lipinski definition) is 4. The number of rotatable bonds is 3. The highest BCUT2D eigenvalue weighted by Gasteiger charge is 2.25. The second kappa shape index (κ2) is 10.4. The normalized spacial score (nSPS) is 21.2. The molecule has 0 saturated carbocycles. The summed E-state index contributed by atoms with van der Waals surface area (Å²) < 4.78 is 2.25. The molecule has 3 heterocycles. The number of nitrogens with one attached hydrogen (secondary N) is 2. The van der Waals surface area contributed by atoms with Gasteiger partial charge in [0.25, 0.3) is 0 Å². The predicted molar refractivity (Wildman–Crippen MR) is 121 cm³/mol. The molecule has 8 heteroatoms. The van der Waals surface area contributed by atoms with Crippen molar-refractivity contribution in [3.8, 4) is 11.4 Å². The summed E-state index contributed by atoms with van der Waals surface area (Å²) in [5.74, 6) is 2.20. The Labute approximate surface area is 185 Å². The Morgan fingerprint density at radius 3 is 2.83 bits per heavy atom. The third kappa shape index (κ3) is 5.30. The largest absolute Gasteiger partial charge is 0.326 e. The molecule has 2 aromatic rings. The smallest absolute Gasteiger partial charge is 0.227 e. The number of piperidine rings is 1. The van der Waals surface area contributed by atoms with E-state index in [4.69, 9.17) is 0 Å². The minimum Gasteiger partial charge on any atom is -0.326 e. The molecule has 0 bridgehead atoms. The van der Waals surface area contributed by atoms with Crippen LogP contribution in [-0.2, 0) is 17.8 Å². The molecule has 0 radical (unpaired) electrons. The third-order valence-electron chi connectivity index (χ3n) is 5.86. The fraction of sp³-hybridized carbons (Fsp3) is 0.571. The molecule has 1 saturated heterocycles. The highest BCUT2D eigenvalue weighted by atomic mass is 35.5. The van der Waals surface area contributed by atoms with Crippen LogP contribution in [0.1, 0.15) is 50.4 Å². The van der Waals surface area contributed by atoms with Crippen LogP contribution < -0.4 is 10.6 Å². The van der Waals surface area contributed by atoms with Gasteiger partial charge in [0, 0.05) is 36.2 Å². The SMILES string of the molecule is Cc1ccc(-c2nnc3n2CCCCC3)cc1NC(=O)[C@H]1CCN[C@@H](C)C1.Cl.Cl. The number of anilines is 1. The van der Waals surface area contributed by atoms with Gasteiger partial charge in [0.1, 0.15) is 5.82 Å². The predicted octanol–water partition coefficient (Wildman–Crippen LogP) is 4.15. The van der Waals surface area contributed by atoms with E-state index in [1.54, 1.807) is 0 Å². The number of fused-ring (bicyclic) bond motifs is 1. The van der Waals surface area contributed by atoms with Gasteiger partial charge in [-0.05, 0) is 57.7 Å². The van der Waals surface area contributed by atoms with Gasteiger partial charge in [-0.15, -0.1) is 35.0 Å². The van der Waals surface area contributed by atoms with E-state index in [9.17, 15) is 4.79 Å². The number of aromatic nitrogens is 3. The van der Waals surface area contributed by atoms with Gasteiger partial charge in [0.2, 0.25) is 5.91 Å². The van der Waals surface area contributed by atoms with Crippen molar-refractivity contribution in [2.24, 2.45) is 5.92 Å². The van der Waals surface area contributed by atoms with Crippen LogP contribution >= 0.6 is 24.8 Å². The molecule has 6 nitrogen and oxygen atoms in total. The zero-order valence-corrected chi connectivity index (χ0v) is 18.7. The molecular weight excluding hydrogens is 409 g/mol. The standard InChI is InChI=1S/C21H29N5O.2ClH/c1-14-7-8-16(20-25-24-19-6-4-3-5-11-26(19)20)13-18(14)23-21(27)17-9-10-22-15(2)12-17;;/h7-8,13,15,17,22H,3-6,9-12H2,1-2H3,(H,23,27);2*1H/t15-,17-;;/m0../s1. The van der Waals surface area contributed by atoms with Crippen LogP contribution in [0.5, 0.6) is 0 Å². The molecule has 0 aliphatic carbocycles. The van der Waals surface area contributed by atoms with E-state index in [2.05, 4.69) is 50.5 Å². The van der Waals surface area contributed by atoms with Crippen molar-refractivity contribution in [3.05, 3.63) is 29.6 Å². The molecule has 160 valence electrons. The number of aryl methyl sites for hydroxylation is 2. The van der Waals surface area contributed by atoms with Gasteiger partial charge in [-0.1, -0.05) is 18.6 Å². The summed E-state index contributed by atoms with van der Waals surface area (Å²) in [6.45, 7) is 6.06. The molecule has 2 aliphatic heterocycles. The number of halogens is 2. The average molecular weight is 440 g/mol. The summed E-state index contributed by atoms with van der Waals surface area (Å²) in [6.07, 6.45) is 6.38. The van der Waals surface area contributed by atoms with E-state index >= 15 is 0 Å². The van der Waals surface area contributed by atoms with Crippen molar-refractivity contribution >= 4 is 36.4 Å². The Morgan fingerprint density at radius 2 is 2.03 bits per heavy atom. The number of hydrogen-bond donors (Lipinski definition) is 2. The summed E-state index contributed by atoms with van der Waals surface area (Å²) in [7, 11) is 0. The minimum absolute atomic E-state index is 0. The molecule has 1 aromatic carbocycles. The number of amides is 1. The van der Waals surface area contributed by atoms with Gasteiger partial charge >= 0.3 is 0 Å². The summed E-state index contributed by atoms with van der Waals surface area (Å²) in [5.41, 5.74) is 2.98. The summed E-state index contributed by atoms with van der Waals surface area (Å²) >= 11 is 0. The fourth-order valence-corrected chi connectivity index (χ4v) is 4.20. The van der Waals surface area contributed by atoms with Gasteiger partial charge in [-0.25, -0.2) is 0 Å². The molecule has 2 aliphatic rings. The quantitative estimate of drug-likeness (QED) is 0.752. The van der Waals surface area contributed by atoms with Gasteiger partial charge in [-0.2, -0.15) is 0 Å². The van der Waals surface area contributed by atoms with Gasteiger partial charge in [-0.3, -0.25) is 4.79 Å². The Bertz CT molecular complexity index is 838. The van der Waals surface area contributed by atoms with E-state index in [0.29, 0.717) is 6.04 Å². The third-order valence-corrected chi connectivity index (χ3v) is 5.86.